The Balaban J connectivity index is 2.15. The van der Waals surface area contributed by atoms with Gasteiger partial charge in [0.05, 0.1) is 5.56 Å². The van der Waals surface area contributed by atoms with Gasteiger partial charge in [-0.05, 0) is 60.1 Å². The number of hydrogen-bond acceptors (Lipinski definition) is 1. The van der Waals surface area contributed by atoms with E-state index in [1.54, 1.807) is 22.6 Å². The van der Waals surface area contributed by atoms with Crippen LogP contribution in [0.25, 0.3) is 0 Å². The van der Waals surface area contributed by atoms with E-state index in [2.05, 4.69) is 5.32 Å². The third-order valence-electron chi connectivity index (χ3n) is 2.98. The molecule has 0 heterocycles. The third kappa shape index (κ3) is 2.96. The van der Waals surface area contributed by atoms with Crippen molar-refractivity contribution in [3.63, 3.8) is 0 Å². The monoisotopic (exact) mass is 369 g/mol. The van der Waals surface area contributed by atoms with Gasteiger partial charge in [-0.25, -0.2) is 0 Å². The molecule has 0 aliphatic heterocycles. The molecule has 0 aromatic heterocycles. The van der Waals surface area contributed by atoms with Crippen LogP contribution in [0.2, 0.25) is 0 Å². The molecular weight excluding hydrogens is 358 g/mol. The Kier molecular flexibility index (Phi) is 3.84. The van der Waals surface area contributed by atoms with Crippen LogP contribution in [-0.2, 0) is 6.18 Å². The second kappa shape index (κ2) is 5.07. The van der Waals surface area contributed by atoms with E-state index in [0.717, 1.165) is 25.3 Å². The molecule has 1 N–H and O–H groups in total. The van der Waals surface area contributed by atoms with Crippen LogP contribution in [0.4, 0.5) is 13.2 Å². The molecule has 6 heteroatoms. The van der Waals surface area contributed by atoms with Crippen molar-refractivity contribution in [1.82, 2.24) is 5.32 Å². The minimum atomic E-state index is -4.38. The Morgan fingerprint density at radius 3 is 2.44 bits per heavy atom. The van der Waals surface area contributed by atoms with Gasteiger partial charge in [0.15, 0.2) is 0 Å². The van der Waals surface area contributed by atoms with Gasteiger partial charge in [0.2, 0.25) is 0 Å². The summed E-state index contributed by atoms with van der Waals surface area (Å²) in [5, 5.41) is 2.79. The summed E-state index contributed by atoms with van der Waals surface area (Å²) in [5.74, 6) is -0.300. The molecule has 0 saturated heterocycles. The fourth-order valence-corrected chi connectivity index (χ4v) is 2.53. The van der Waals surface area contributed by atoms with E-state index in [9.17, 15) is 18.0 Å². The van der Waals surface area contributed by atoms with Gasteiger partial charge in [-0.15, -0.1) is 0 Å². The van der Waals surface area contributed by atoms with Crippen molar-refractivity contribution in [3.8, 4) is 0 Å². The number of carbonyl (C=O) groups excluding carboxylic acids is 1. The SMILES string of the molecule is O=C(NC1CCC1)c1ccc(C(F)(F)F)c(I)c1. The molecule has 0 unspecified atom stereocenters. The fraction of sp³-hybridized carbons (Fsp3) is 0.417. The highest BCUT2D eigenvalue weighted by atomic mass is 127. The summed E-state index contributed by atoms with van der Waals surface area (Å²) >= 11 is 1.60. The van der Waals surface area contributed by atoms with Crippen molar-refractivity contribution in [2.75, 3.05) is 0 Å². The Labute approximate surface area is 116 Å². The molecule has 0 atom stereocenters. The van der Waals surface area contributed by atoms with Gasteiger partial charge in [0.1, 0.15) is 0 Å². The number of carbonyl (C=O) groups is 1. The number of halogens is 4. The van der Waals surface area contributed by atoms with Gasteiger partial charge in [-0.2, -0.15) is 13.2 Å². The van der Waals surface area contributed by atoms with Crippen molar-refractivity contribution in [1.29, 1.82) is 0 Å². The van der Waals surface area contributed by atoms with E-state index < -0.39 is 11.7 Å². The van der Waals surface area contributed by atoms with E-state index in [-0.39, 0.29) is 21.1 Å². The molecule has 98 valence electrons. The number of benzene rings is 1. The Morgan fingerprint density at radius 2 is 2.00 bits per heavy atom. The summed E-state index contributed by atoms with van der Waals surface area (Å²) in [6.45, 7) is 0. The van der Waals surface area contributed by atoms with E-state index >= 15 is 0 Å². The van der Waals surface area contributed by atoms with Crippen molar-refractivity contribution >= 4 is 28.5 Å². The molecule has 0 spiro atoms. The molecule has 1 saturated carbocycles. The first-order chi connectivity index (χ1) is 8.38. The van der Waals surface area contributed by atoms with Crippen molar-refractivity contribution < 1.29 is 18.0 Å². The van der Waals surface area contributed by atoms with Crippen LogP contribution in [0.15, 0.2) is 18.2 Å². The first-order valence-corrected chi connectivity index (χ1v) is 6.63. The molecule has 1 amide bonds. The van der Waals surface area contributed by atoms with Gasteiger partial charge in [-0.1, -0.05) is 0 Å². The molecule has 0 radical (unpaired) electrons. The molecule has 2 rings (SSSR count). The maximum atomic E-state index is 12.6. The molecule has 18 heavy (non-hydrogen) atoms. The van der Waals surface area contributed by atoms with Crippen molar-refractivity contribution in [2.24, 2.45) is 0 Å². The van der Waals surface area contributed by atoms with Crippen LogP contribution >= 0.6 is 22.6 Å². The molecule has 2 nitrogen and oxygen atoms in total. The lowest BCUT2D eigenvalue weighted by atomic mass is 9.93. The first kappa shape index (κ1) is 13.6. The van der Waals surface area contributed by atoms with Gasteiger partial charge < -0.3 is 5.32 Å². The highest BCUT2D eigenvalue weighted by Crippen LogP contribution is 2.33. The normalized spacial score (nSPS) is 16.2. The summed E-state index contributed by atoms with van der Waals surface area (Å²) in [7, 11) is 0. The Morgan fingerprint density at radius 1 is 1.33 bits per heavy atom. The van der Waals surface area contributed by atoms with Gasteiger partial charge in [0.25, 0.3) is 5.91 Å². The standard InChI is InChI=1S/C12H11F3INO/c13-12(14,15)9-5-4-7(6-10(9)16)11(18)17-8-2-1-3-8/h4-6,8H,1-3H2,(H,17,18). The summed E-state index contributed by atoms with van der Waals surface area (Å²) in [6.07, 6.45) is -1.39. The number of amides is 1. The zero-order chi connectivity index (χ0) is 13.3. The van der Waals surface area contributed by atoms with Crippen LogP contribution in [-0.4, -0.2) is 11.9 Å². The van der Waals surface area contributed by atoms with Crippen LogP contribution in [0.5, 0.6) is 0 Å². The maximum Gasteiger partial charge on any atom is 0.417 e. The number of hydrogen-bond donors (Lipinski definition) is 1. The highest BCUT2D eigenvalue weighted by molar-refractivity contribution is 14.1. The maximum absolute atomic E-state index is 12.6. The average molecular weight is 369 g/mol. The minimum absolute atomic E-state index is 0.0429. The second-order valence-electron chi connectivity index (χ2n) is 4.29. The lowest BCUT2D eigenvalue weighted by Gasteiger charge is -2.26. The summed E-state index contributed by atoms with van der Waals surface area (Å²) in [4.78, 5) is 11.8. The largest absolute Gasteiger partial charge is 0.417 e. The molecule has 0 bridgehead atoms. The number of alkyl halides is 3. The van der Waals surface area contributed by atoms with Crippen LogP contribution in [0.1, 0.15) is 35.2 Å². The third-order valence-corrected chi connectivity index (χ3v) is 3.87. The minimum Gasteiger partial charge on any atom is -0.349 e. The molecule has 1 aliphatic rings. The first-order valence-electron chi connectivity index (χ1n) is 5.55. The van der Waals surface area contributed by atoms with Gasteiger partial charge in [0, 0.05) is 15.2 Å². The predicted molar refractivity (Wildman–Crippen MR) is 69.3 cm³/mol. The smallest absolute Gasteiger partial charge is 0.349 e. The summed E-state index contributed by atoms with van der Waals surface area (Å²) in [6, 6.07) is 3.63. The zero-order valence-corrected chi connectivity index (χ0v) is 11.5. The second-order valence-corrected chi connectivity index (χ2v) is 5.46. The summed E-state index contributed by atoms with van der Waals surface area (Å²) in [5.41, 5.74) is -0.428. The lowest BCUT2D eigenvalue weighted by molar-refractivity contribution is -0.138. The topological polar surface area (TPSA) is 29.1 Å². The van der Waals surface area contributed by atoms with Crippen LogP contribution in [0, 0.1) is 3.57 Å². The molecule has 1 fully saturated rings. The average Bonchev–Trinajstić information content (AvgIpc) is 2.21. The Hall–Kier alpha value is -0.790. The van der Waals surface area contributed by atoms with Gasteiger partial charge in [-0.3, -0.25) is 4.79 Å². The Bertz CT molecular complexity index is 469. The zero-order valence-electron chi connectivity index (χ0n) is 9.35. The number of rotatable bonds is 2. The van der Waals surface area contributed by atoms with Crippen molar-refractivity contribution in [2.45, 2.75) is 31.5 Å². The van der Waals surface area contributed by atoms with Crippen LogP contribution in [0.3, 0.4) is 0 Å². The fourth-order valence-electron chi connectivity index (χ4n) is 1.71. The predicted octanol–water partition coefficient (Wildman–Crippen LogP) is 3.59. The molecular formula is C12H11F3INO. The van der Waals surface area contributed by atoms with E-state index in [0.29, 0.717) is 0 Å². The lowest BCUT2D eigenvalue weighted by Crippen LogP contribution is -2.39. The van der Waals surface area contributed by atoms with Crippen molar-refractivity contribution in [3.05, 3.63) is 32.9 Å². The number of nitrogens with one attached hydrogen (secondary N) is 1. The molecule has 1 aromatic rings. The van der Waals surface area contributed by atoms with E-state index in [1.165, 1.54) is 12.1 Å². The van der Waals surface area contributed by atoms with Gasteiger partial charge >= 0.3 is 6.18 Å². The van der Waals surface area contributed by atoms with E-state index in [4.69, 9.17) is 0 Å². The van der Waals surface area contributed by atoms with E-state index in [1.807, 2.05) is 0 Å². The summed E-state index contributed by atoms with van der Waals surface area (Å²) < 4.78 is 37.7. The molecule has 1 aliphatic carbocycles. The molecule has 1 aromatic carbocycles. The van der Waals surface area contributed by atoms with Crippen LogP contribution < -0.4 is 5.32 Å². The quantitative estimate of drug-likeness (QED) is 0.794. The highest BCUT2D eigenvalue weighted by Gasteiger charge is 2.33.